The van der Waals surface area contributed by atoms with E-state index in [1.54, 1.807) is 24.3 Å². The van der Waals surface area contributed by atoms with Gasteiger partial charge >= 0.3 is 5.97 Å². The zero-order valence-electron chi connectivity index (χ0n) is 18.1. The fourth-order valence-electron chi connectivity index (χ4n) is 2.54. The number of nitrogens with one attached hydrogen (secondary N) is 2. The monoisotopic (exact) mass is 477 g/mol. The Labute approximate surface area is 195 Å². The topological polar surface area (TPSA) is 137 Å². The van der Waals surface area contributed by atoms with Gasteiger partial charge in [-0.15, -0.1) is 0 Å². The summed E-state index contributed by atoms with van der Waals surface area (Å²) in [5.74, 6) is -1.35. The Kier molecular flexibility index (Phi) is 9.62. The van der Waals surface area contributed by atoms with Crippen LogP contribution in [-0.4, -0.2) is 42.0 Å². The summed E-state index contributed by atoms with van der Waals surface area (Å²) in [6.07, 6.45) is 0.754. The number of nitro groups is 1. The van der Waals surface area contributed by atoms with Gasteiger partial charge in [0.05, 0.1) is 22.2 Å². The maximum atomic E-state index is 12.2. The van der Waals surface area contributed by atoms with Crippen molar-refractivity contribution in [1.82, 2.24) is 5.32 Å². The highest BCUT2D eigenvalue weighted by Gasteiger charge is 2.20. The molecule has 0 aromatic heterocycles. The standard InChI is InChI=1S/C22H24ClN3O7/c1-3-4-11-32-17-8-5-15(6-9-17)22(29)24-13-20(27)33-14(2)21(28)25-19-10-7-16(26(30)31)12-18(19)23/h5-10,12,14H,3-4,11,13H2,1-2H3,(H,24,29)(H,25,28). The fourth-order valence-corrected chi connectivity index (χ4v) is 2.76. The van der Waals surface area contributed by atoms with Crippen LogP contribution in [0.1, 0.15) is 37.0 Å². The van der Waals surface area contributed by atoms with Crippen LogP contribution in [0.2, 0.25) is 5.02 Å². The van der Waals surface area contributed by atoms with Crippen LogP contribution < -0.4 is 15.4 Å². The van der Waals surface area contributed by atoms with E-state index in [9.17, 15) is 24.5 Å². The second-order valence-electron chi connectivity index (χ2n) is 6.95. The Morgan fingerprint density at radius 1 is 1.15 bits per heavy atom. The molecule has 2 N–H and O–H groups in total. The summed E-state index contributed by atoms with van der Waals surface area (Å²) >= 11 is 5.93. The van der Waals surface area contributed by atoms with E-state index in [0.29, 0.717) is 17.9 Å². The summed E-state index contributed by atoms with van der Waals surface area (Å²) in [5, 5.41) is 15.6. The molecule has 2 rings (SSSR count). The number of hydrogen-bond acceptors (Lipinski definition) is 7. The molecule has 0 heterocycles. The molecular formula is C22H24ClN3O7. The molecule has 2 aromatic rings. The number of anilines is 1. The molecule has 0 aliphatic carbocycles. The normalized spacial score (nSPS) is 11.2. The minimum absolute atomic E-state index is 0.0369. The van der Waals surface area contributed by atoms with Gasteiger partial charge in [0.25, 0.3) is 17.5 Å². The highest BCUT2D eigenvalue weighted by molar-refractivity contribution is 6.34. The third-order valence-corrected chi connectivity index (χ3v) is 4.69. The smallest absolute Gasteiger partial charge is 0.326 e. The zero-order valence-corrected chi connectivity index (χ0v) is 18.9. The number of carbonyl (C=O) groups excluding carboxylic acids is 3. The molecule has 0 radical (unpaired) electrons. The molecule has 0 fully saturated rings. The summed E-state index contributed by atoms with van der Waals surface area (Å²) in [6, 6.07) is 10.0. The second kappa shape index (κ2) is 12.4. The van der Waals surface area contributed by atoms with Crippen LogP contribution in [0.15, 0.2) is 42.5 Å². The first-order chi connectivity index (χ1) is 15.7. The Hall–Kier alpha value is -3.66. The van der Waals surface area contributed by atoms with E-state index >= 15 is 0 Å². The van der Waals surface area contributed by atoms with Gasteiger partial charge in [0.15, 0.2) is 6.10 Å². The predicted molar refractivity (Wildman–Crippen MR) is 121 cm³/mol. The summed E-state index contributed by atoms with van der Waals surface area (Å²) in [5.41, 5.74) is 0.238. The Morgan fingerprint density at radius 2 is 1.85 bits per heavy atom. The van der Waals surface area contributed by atoms with E-state index in [1.807, 2.05) is 0 Å². The third-order valence-electron chi connectivity index (χ3n) is 4.38. The zero-order chi connectivity index (χ0) is 24.4. The second-order valence-corrected chi connectivity index (χ2v) is 7.36. The average Bonchev–Trinajstić information content (AvgIpc) is 2.79. The maximum absolute atomic E-state index is 12.2. The van der Waals surface area contributed by atoms with Gasteiger partial charge in [0.2, 0.25) is 0 Å². The first kappa shape index (κ1) is 25.6. The first-order valence-corrected chi connectivity index (χ1v) is 10.5. The van der Waals surface area contributed by atoms with Gasteiger partial charge in [-0.05, 0) is 43.7 Å². The van der Waals surface area contributed by atoms with Crippen LogP contribution in [-0.2, 0) is 14.3 Å². The van der Waals surface area contributed by atoms with Crippen molar-refractivity contribution >= 4 is 40.8 Å². The summed E-state index contributed by atoms with van der Waals surface area (Å²) in [4.78, 5) is 46.5. The Balaban J connectivity index is 1.80. The van der Waals surface area contributed by atoms with Crippen molar-refractivity contribution in [3.63, 3.8) is 0 Å². The lowest BCUT2D eigenvalue weighted by molar-refractivity contribution is -0.384. The fraction of sp³-hybridized carbons (Fsp3) is 0.318. The molecule has 1 atom stereocenters. The largest absolute Gasteiger partial charge is 0.494 e. The molecule has 10 nitrogen and oxygen atoms in total. The quantitative estimate of drug-likeness (QED) is 0.218. The molecule has 2 amide bonds. The minimum atomic E-state index is -1.19. The number of carbonyl (C=O) groups is 3. The predicted octanol–water partition coefficient (Wildman–Crippen LogP) is 3.73. The van der Waals surface area contributed by atoms with Gasteiger partial charge in [0, 0.05) is 17.7 Å². The van der Waals surface area contributed by atoms with Crippen LogP contribution in [0, 0.1) is 10.1 Å². The van der Waals surface area contributed by atoms with E-state index in [4.69, 9.17) is 21.1 Å². The van der Waals surface area contributed by atoms with Crippen molar-refractivity contribution in [2.75, 3.05) is 18.5 Å². The molecule has 0 saturated heterocycles. The van der Waals surface area contributed by atoms with Crippen LogP contribution in [0.25, 0.3) is 0 Å². The van der Waals surface area contributed by atoms with Crippen molar-refractivity contribution in [3.05, 3.63) is 63.2 Å². The van der Waals surface area contributed by atoms with Crippen molar-refractivity contribution in [3.8, 4) is 5.75 Å². The lowest BCUT2D eigenvalue weighted by Gasteiger charge is -2.14. The number of amides is 2. The van der Waals surface area contributed by atoms with Gasteiger partial charge < -0.3 is 20.1 Å². The summed E-state index contributed by atoms with van der Waals surface area (Å²) < 4.78 is 10.5. The molecule has 0 aliphatic heterocycles. The number of unbranched alkanes of at least 4 members (excludes halogenated alkanes) is 1. The van der Waals surface area contributed by atoms with Crippen LogP contribution in [0.5, 0.6) is 5.75 Å². The average molecular weight is 478 g/mol. The van der Waals surface area contributed by atoms with Crippen molar-refractivity contribution in [2.24, 2.45) is 0 Å². The van der Waals surface area contributed by atoms with E-state index < -0.39 is 35.4 Å². The molecule has 0 aliphatic rings. The van der Waals surface area contributed by atoms with Gasteiger partial charge in [-0.25, -0.2) is 0 Å². The highest BCUT2D eigenvalue weighted by Crippen LogP contribution is 2.26. The van der Waals surface area contributed by atoms with Crippen molar-refractivity contribution in [1.29, 1.82) is 0 Å². The van der Waals surface area contributed by atoms with Crippen LogP contribution >= 0.6 is 11.6 Å². The Morgan fingerprint density at radius 3 is 2.45 bits per heavy atom. The van der Waals surface area contributed by atoms with E-state index in [0.717, 1.165) is 18.9 Å². The van der Waals surface area contributed by atoms with Gasteiger partial charge in [-0.1, -0.05) is 24.9 Å². The number of halogens is 1. The van der Waals surface area contributed by atoms with Crippen LogP contribution in [0.3, 0.4) is 0 Å². The van der Waals surface area contributed by atoms with E-state index in [1.165, 1.54) is 19.1 Å². The molecular weight excluding hydrogens is 454 g/mol. The summed E-state index contributed by atoms with van der Waals surface area (Å²) in [6.45, 7) is 3.55. The third kappa shape index (κ3) is 8.08. The molecule has 1 unspecified atom stereocenters. The molecule has 176 valence electrons. The maximum Gasteiger partial charge on any atom is 0.326 e. The first-order valence-electron chi connectivity index (χ1n) is 10.2. The van der Waals surface area contributed by atoms with Crippen LogP contribution in [0.4, 0.5) is 11.4 Å². The number of benzene rings is 2. The lowest BCUT2D eigenvalue weighted by atomic mass is 10.2. The van der Waals surface area contributed by atoms with Crippen molar-refractivity contribution in [2.45, 2.75) is 32.8 Å². The molecule has 11 heteroatoms. The van der Waals surface area contributed by atoms with Crippen molar-refractivity contribution < 1.29 is 28.8 Å². The number of nitro benzene ring substituents is 1. The molecule has 0 spiro atoms. The minimum Gasteiger partial charge on any atom is -0.494 e. The lowest BCUT2D eigenvalue weighted by Crippen LogP contribution is -2.35. The molecule has 0 saturated carbocycles. The molecule has 2 aromatic carbocycles. The van der Waals surface area contributed by atoms with Gasteiger partial charge in [-0.3, -0.25) is 24.5 Å². The summed E-state index contributed by atoms with van der Waals surface area (Å²) in [7, 11) is 0. The number of hydrogen-bond donors (Lipinski definition) is 2. The molecule has 33 heavy (non-hydrogen) atoms. The Bertz CT molecular complexity index is 1010. The SMILES string of the molecule is CCCCOc1ccc(C(=O)NCC(=O)OC(C)C(=O)Nc2ccc([N+](=O)[O-])cc2Cl)cc1. The van der Waals surface area contributed by atoms with E-state index in [-0.39, 0.29) is 16.4 Å². The van der Waals surface area contributed by atoms with Gasteiger partial charge in [0.1, 0.15) is 12.3 Å². The molecule has 0 bridgehead atoms. The highest BCUT2D eigenvalue weighted by atomic mass is 35.5. The van der Waals surface area contributed by atoms with Gasteiger partial charge in [-0.2, -0.15) is 0 Å². The number of ether oxygens (including phenoxy) is 2. The number of rotatable bonds is 11. The number of esters is 1. The number of non-ortho nitro benzene ring substituents is 1. The number of nitrogens with zero attached hydrogens (tertiary/aromatic N) is 1. The van der Waals surface area contributed by atoms with E-state index in [2.05, 4.69) is 17.6 Å².